The number of nitrogens with zero attached hydrogens (tertiary/aromatic N) is 2. The van der Waals surface area contributed by atoms with Gasteiger partial charge in [-0.1, -0.05) is 36.4 Å². The quantitative estimate of drug-likeness (QED) is 0.353. The van der Waals surface area contributed by atoms with E-state index in [1.54, 1.807) is 24.4 Å². The van der Waals surface area contributed by atoms with Crippen molar-refractivity contribution in [2.24, 2.45) is 0 Å². The first-order valence-corrected chi connectivity index (χ1v) is 12.4. The SMILES string of the molecule is CN1CCN(c2ccc(NC=C3C(=O)NC(=O)c4ccc(C=CCc5ccccc5O)cc43)cc2)CC1. The van der Waals surface area contributed by atoms with E-state index < -0.39 is 11.8 Å². The fourth-order valence-corrected chi connectivity index (χ4v) is 4.58. The van der Waals surface area contributed by atoms with Gasteiger partial charge in [0.25, 0.3) is 11.8 Å². The monoisotopic (exact) mass is 494 g/mol. The van der Waals surface area contributed by atoms with Gasteiger partial charge in [-0.25, -0.2) is 0 Å². The van der Waals surface area contributed by atoms with Crippen LogP contribution in [-0.2, 0) is 11.2 Å². The largest absolute Gasteiger partial charge is 0.508 e. The number of benzene rings is 3. The second-order valence-electron chi connectivity index (χ2n) is 9.36. The molecule has 5 rings (SSSR count). The van der Waals surface area contributed by atoms with Crippen molar-refractivity contribution in [3.8, 4) is 5.75 Å². The fraction of sp³-hybridized carbons (Fsp3) is 0.200. The molecule has 1 fully saturated rings. The van der Waals surface area contributed by atoms with Crippen LogP contribution in [0.2, 0.25) is 0 Å². The summed E-state index contributed by atoms with van der Waals surface area (Å²) in [7, 11) is 2.14. The molecule has 0 aliphatic carbocycles. The van der Waals surface area contributed by atoms with Gasteiger partial charge in [0.2, 0.25) is 0 Å². The zero-order valence-corrected chi connectivity index (χ0v) is 20.8. The number of para-hydroxylation sites is 1. The molecule has 0 radical (unpaired) electrons. The Morgan fingerprint density at radius 3 is 2.43 bits per heavy atom. The lowest BCUT2D eigenvalue weighted by atomic mass is 9.93. The molecule has 2 heterocycles. The molecule has 2 aliphatic heterocycles. The number of rotatable bonds is 6. The highest BCUT2D eigenvalue weighted by Crippen LogP contribution is 2.27. The molecule has 3 aromatic carbocycles. The van der Waals surface area contributed by atoms with Crippen molar-refractivity contribution < 1.29 is 14.7 Å². The minimum Gasteiger partial charge on any atom is -0.508 e. The number of carbonyl (C=O) groups excluding carboxylic acids is 2. The van der Waals surface area contributed by atoms with Gasteiger partial charge >= 0.3 is 0 Å². The number of piperazine rings is 1. The number of allylic oxidation sites excluding steroid dienone is 1. The van der Waals surface area contributed by atoms with E-state index in [1.807, 2.05) is 48.6 Å². The number of likely N-dealkylation sites (N-methyl/N-ethyl adjacent to an activating group) is 1. The standard InChI is InChI=1S/C30H30N4O3/c1-33-15-17-34(18-16-33)24-12-10-23(11-13-24)31-20-27-26-19-21(9-14-25(26)29(36)32-30(27)37)5-4-7-22-6-2-3-8-28(22)35/h2-6,8-14,19-20,31,35H,7,15-18H2,1H3,(H,32,36,37). The minimum absolute atomic E-state index is 0.257. The average molecular weight is 495 g/mol. The zero-order chi connectivity index (χ0) is 25.8. The average Bonchev–Trinajstić information content (AvgIpc) is 2.90. The first kappa shape index (κ1) is 24.3. The summed E-state index contributed by atoms with van der Waals surface area (Å²) in [4.78, 5) is 29.9. The fourth-order valence-electron chi connectivity index (χ4n) is 4.58. The van der Waals surface area contributed by atoms with Crippen molar-refractivity contribution >= 4 is 34.8 Å². The summed E-state index contributed by atoms with van der Waals surface area (Å²) in [5.41, 5.74) is 5.16. The van der Waals surface area contributed by atoms with Crippen LogP contribution >= 0.6 is 0 Å². The number of aromatic hydroxyl groups is 1. The van der Waals surface area contributed by atoms with Gasteiger partial charge in [-0.05, 0) is 67.1 Å². The summed E-state index contributed by atoms with van der Waals surface area (Å²) in [6.07, 6.45) is 6.09. The molecule has 1 saturated heterocycles. The van der Waals surface area contributed by atoms with Crippen LogP contribution in [0.15, 0.2) is 79.0 Å². The normalized spacial score (nSPS) is 17.2. The number of phenolic OH excluding ortho intramolecular Hbond substituents is 1. The van der Waals surface area contributed by atoms with E-state index in [-0.39, 0.29) is 5.75 Å². The van der Waals surface area contributed by atoms with Gasteiger partial charge in [-0.2, -0.15) is 0 Å². The van der Waals surface area contributed by atoms with E-state index in [0.29, 0.717) is 23.1 Å². The van der Waals surface area contributed by atoms with Crippen molar-refractivity contribution in [1.29, 1.82) is 0 Å². The minimum atomic E-state index is -0.436. The number of hydrogen-bond donors (Lipinski definition) is 3. The maximum atomic E-state index is 12.7. The van der Waals surface area contributed by atoms with Crippen LogP contribution in [0, 0.1) is 0 Å². The number of fused-ring (bicyclic) bond motifs is 1. The Kier molecular flexibility index (Phi) is 7.05. The van der Waals surface area contributed by atoms with Crippen LogP contribution in [-0.4, -0.2) is 55.0 Å². The van der Waals surface area contributed by atoms with Crippen LogP contribution in [0.5, 0.6) is 5.75 Å². The number of anilines is 2. The smallest absolute Gasteiger partial charge is 0.260 e. The van der Waals surface area contributed by atoms with Crippen molar-refractivity contribution in [2.75, 3.05) is 43.4 Å². The van der Waals surface area contributed by atoms with E-state index in [1.165, 1.54) is 5.69 Å². The molecule has 3 aromatic rings. The predicted molar refractivity (Wildman–Crippen MR) is 148 cm³/mol. The lowest BCUT2D eigenvalue weighted by Crippen LogP contribution is -2.44. The van der Waals surface area contributed by atoms with Crippen LogP contribution < -0.4 is 15.5 Å². The molecule has 7 heteroatoms. The van der Waals surface area contributed by atoms with Gasteiger partial charge in [0.05, 0.1) is 5.57 Å². The van der Waals surface area contributed by atoms with Crippen molar-refractivity contribution in [1.82, 2.24) is 10.2 Å². The molecule has 0 bridgehead atoms. The van der Waals surface area contributed by atoms with Gasteiger partial charge < -0.3 is 20.2 Å². The first-order valence-electron chi connectivity index (χ1n) is 12.4. The van der Waals surface area contributed by atoms with E-state index in [4.69, 9.17) is 0 Å². The Bertz CT molecular complexity index is 1370. The molecule has 2 amide bonds. The summed E-state index contributed by atoms with van der Waals surface area (Å²) in [5.74, 6) is -0.583. The molecular weight excluding hydrogens is 464 g/mol. The molecule has 7 nitrogen and oxygen atoms in total. The summed E-state index contributed by atoms with van der Waals surface area (Å²) in [6.45, 7) is 4.10. The molecule has 0 aromatic heterocycles. The Morgan fingerprint density at radius 2 is 1.68 bits per heavy atom. The van der Waals surface area contributed by atoms with E-state index in [2.05, 4.69) is 39.6 Å². The molecule has 3 N–H and O–H groups in total. The van der Waals surface area contributed by atoms with Gasteiger partial charge in [-0.15, -0.1) is 0 Å². The molecule has 37 heavy (non-hydrogen) atoms. The maximum Gasteiger partial charge on any atom is 0.260 e. The number of amides is 2. The number of hydrogen-bond acceptors (Lipinski definition) is 6. The van der Waals surface area contributed by atoms with Gasteiger partial charge in [-0.3, -0.25) is 14.9 Å². The highest BCUT2D eigenvalue weighted by atomic mass is 16.3. The van der Waals surface area contributed by atoms with Gasteiger partial charge in [0.15, 0.2) is 0 Å². The van der Waals surface area contributed by atoms with Crippen LogP contribution in [0.25, 0.3) is 11.6 Å². The third-order valence-corrected chi connectivity index (χ3v) is 6.81. The van der Waals surface area contributed by atoms with E-state index in [9.17, 15) is 14.7 Å². The summed E-state index contributed by atoms with van der Waals surface area (Å²) in [5, 5.41) is 15.6. The number of imide groups is 1. The maximum absolute atomic E-state index is 12.7. The second-order valence-corrected chi connectivity index (χ2v) is 9.36. The highest BCUT2D eigenvalue weighted by molar-refractivity contribution is 6.31. The highest BCUT2D eigenvalue weighted by Gasteiger charge is 2.27. The van der Waals surface area contributed by atoms with E-state index in [0.717, 1.165) is 43.0 Å². The first-order chi connectivity index (χ1) is 18.0. The van der Waals surface area contributed by atoms with E-state index >= 15 is 0 Å². The van der Waals surface area contributed by atoms with Gasteiger partial charge in [0.1, 0.15) is 5.75 Å². The Hall–Kier alpha value is -4.36. The molecule has 0 spiro atoms. The lowest BCUT2D eigenvalue weighted by molar-refractivity contribution is -0.114. The molecule has 0 unspecified atom stereocenters. The molecule has 0 atom stereocenters. The molecular formula is C30H30N4O3. The van der Waals surface area contributed by atoms with Crippen LogP contribution in [0.1, 0.15) is 27.0 Å². The number of nitrogens with one attached hydrogen (secondary N) is 2. The van der Waals surface area contributed by atoms with Crippen LogP contribution in [0.4, 0.5) is 11.4 Å². The summed E-state index contributed by atoms with van der Waals surface area (Å²) in [6, 6.07) is 20.8. The Balaban J connectivity index is 1.33. The second kappa shape index (κ2) is 10.7. The topological polar surface area (TPSA) is 84.9 Å². The number of phenols is 1. The summed E-state index contributed by atoms with van der Waals surface area (Å²) < 4.78 is 0. The van der Waals surface area contributed by atoms with Crippen molar-refractivity contribution in [3.05, 3.63) is 101 Å². The van der Waals surface area contributed by atoms with Gasteiger partial charge in [0, 0.05) is 54.9 Å². The number of carbonyl (C=O) groups is 2. The third-order valence-electron chi connectivity index (χ3n) is 6.81. The summed E-state index contributed by atoms with van der Waals surface area (Å²) >= 11 is 0. The molecule has 2 aliphatic rings. The van der Waals surface area contributed by atoms with Crippen LogP contribution in [0.3, 0.4) is 0 Å². The Labute approximate surface area is 216 Å². The predicted octanol–water partition coefficient (Wildman–Crippen LogP) is 4.12. The lowest BCUT2D eigenvalue weighted by Gasteiger charge is -2.34. The molecule has 0 saturated carbocycles. The molecule has 188 valence electrons. The van der Waals surface area contributed by atoms with Crippen molar-refractivity contribution in [3.63, 3.8) is 0 Å². The zero-order valence-electron chi connectivity index (χ0n) is 20.8. The van der Waals surface area contributed by atoms with Crippen molar-refractivity contribution in [2.45, 2.75) is 6.42 Å². The Morgan fingerprint density at radius 1 is 0.919 bits per heavy atom. The third kappa shape index (κ3) is 5.57.